The minimum Gasteiger partial charge on any atom is -0.467 e. The zero-order chi connectivity index (χ0) is 16.5. The van der Waals surface area contributed by atoms with Gasteiger partial charge in [-0.05, 0) is 12.1 Å². The number of allylic oxidation sites excluding steroid dienone is 1. The molecule has 116 valence electrons. The van der Waals surface area contributed by atoms with Crippen molar-refractivity contribution in [2.75, 3.05) is 7.11 Å². The lowest BCUT2D eigenvalue weighted by Crippen LogP contribution is -2.40. The lowest BCUT2D eigenvalue weighted by atomic mass is 10.1. The predicted molar refractivity (Wildman–Crippen MR) is 79.2 cm³/mol. The van der Waals surface area contributed by atoms with E-state index in [0.29, 0.717) is 5.56 Å². The van der Waals surface area contributed by atoms with Crippen LogP contribution < -0.4 is 5.32 Å². The molecule has 0 saturated carbocycles. The number of rotatable bonds is 7. The van der Waals surface area contributed by atoms with E-state index in [4.69, 9.17) is 0 Å². The van der Waals surface area contributed by atoms with E-state index in [1.54, 1.807) is 30.3 Å². The topological polar surface area (TPSA) is 89.5 Å². The highest BCUT2D eigenvalue weighted by Gasteiger charge is 2.19. The molecule has 0 fully saturated rings. The number of ketones is 2. The van der Waals surface area contributed by atoms with E-state index in [0.717, 1.165) is 0 Å². The van der Waals surface area contributed by atoms with Gasteiger partial charge in [-0.15, -0.1) is 0 Å². The van der Waals surface area contributed by atoms with Crippen LogP contribution in [-0.2, 0) is 19.1 Å². The molecule has 1 atom stereocenters. The van der Waals surface area contributed by atoms with Crippen LogP contribution in [0.25, 0.3) is 0 Å². The average Bonchev–Trinajstić information content (AvgIpc) is 2.53. The van der Waals surface area contributed by atoms with E-state index < -0.39 is 29.5 Å². The first kappa shape index (κ1) is 17.3. The first-order chi connectivity index (χ1) is 10.5. The van der Waals surface area contributed by atoms with Crippen LogP contribution in [0.15, 0.2) is 42.5 Å². The van der Waals surface area contributed by atoms with Gasteiger partial charge in [0.05, 0.1) is 7.11 Å². The molecule has 0 aliphatic rings. The third kappa shape index (κ3) is 5.32. The Labute approximate surface area is 128 Å². The number of hydrogen-bond acceptors (Lipinski definition) is 5. The molecule has 0 heterocycles. The van der Waals surface area contributed by atoms with Gasteiger partial charge < -0.3 is 10.1 Å². The molecule has 1 amide bonds. The van der Waals surface area contributed by atoms with Gasteiger partial charge in [0.1, 0.15) is 6.04 Å². The molecule has 6 heteroatoms. The molecule has 1 rings (SSSR count). The van der Waals surface area contributed by atoms with Crippen LogP contribution in [0, 0.1) is 0 Å². The lowest BCUT2D eigenvalue weighted by molar-refractivity contribution is -0.141. The highest BCUT2D eigenvalue weighted by molar-refractivity contribution is 6.36. The smallest absolute Gasteiger partial charge is 0.332 e. The number of Topliss-reactive ketones (excluding diaryl/α,β-unsaturated/α-hetero) is 2. The van der Waals surface area contributed by atoms with Gasteiger partial charge in [-0.25, -0.2) is 4.79 Å². The zero-order valence-electron chi connectivity index (χ0n) is 12.4. The molecule has 1 aromatic carbocycles. The van der Waals surface area contributed by atoms with E-state index in [9.17, 15) is 19.2 Å². The van der Waals surface area contributed by atoms with E-state index in [2.05, 4.69) is 10.1 Å². The molecule has 1 aromatic rings. The SMILES string of the molecule is COC(=O)[C@H](C=CCC(=O)C(C)=O)NC(=O)c1ccccc1. The fraction of sp³-hybridized carbons (Fsp3) is 0.250. The summed E-state index contributed by atoms with van der Waals surface area (Å²) in [6.45, 7) is 1.17. The fourth-order valence-corrected chi connectivity index (χ4v) is 1.58. The molecule has 0 saturated heterocycles. The number of esters is 1. The standard InChI is InChI=1S/C16H17NO5/c1-11(18)14(19)10-6-9-13(16(21)22-2)17-15(20)12-7-4-3-5-8-12/h3-9,13H,10H2,1-2H3,(H,17,20)/t13-/m0/s1. The summed E-state index contributed by atoms with van der Waals surface area (Å²) in [5.74, 6) is -2.25. The van der Waals surface area contributed by atoms with Crippen molar-refractivity contribution >= 4 is 23.4 Å². The van der Waals surface area contributed by atoms with Gasteiger partial charge in [-0.1, -0.05) is 30.4 Å². The van der Waals surface area contributed by atoms with Gasteiger partial charge in [0, 0.05) is 18.9 Å². The highest BCUT2D eigenvalue weighted by atomic mass is 16.5. The second-order valence-corrected chi connectivity index (χ2v) is 4.45. The Morgan fingerprint density at radius 3 is 2.36 bits per heavy atom. The summed E-state index contributed by atoms with van der Waals surface area (Å²) >= 11 is 0. The molecule has 6 nitrogen and oxygen atoms in total. The highest BCUT2D eigenvalue weighted by Crippen LogP contribution is 2.01. The van der Waals surface area contributed by atoms with Crippen molar-refractivity contribution in [1.82, 2.24) is 5.32 Å². The monoisotopic (exact) mass is 303 g/mol. The Bertz CT molecular complexity index is 592. The predicted octanol–water partition coefficient (Wildman–Crippen LogP) is 1.06. The van der Waals surface area contributed by atoms with Crippen LogP contribution in [-0.4, -0.2) is 36.6 Å². The van der Waals surface area contributed by atoms with Crippen molar-refractivity contribution in [2.45, 2.75) is 19.4 Å². The van der Waals surface area contributed by atoms with Crippen molar-refractivity contribution in [3.8, 4) is 0 Å². The summed E-state index contributed by atoms with van der Waals surface area (Å²) in [6, 6.07) is 7.34. The molecule has 0 aromatic heterocycles. The zero-order valence-corrected chi connectivity index (χ0v) is 12.4. The maximum atomic E-state index is 12.0. The van der Waals surface area contributed by atoms with E-state index in [-0.39, 0.29) is 6.42 Å². The van der Waals surface area contributed by atoms with Gasteiger partial charge >= 0.3 is 5.97 Å². The summed E-state index contributed by atoms with van der Waals surface area (Å²) in [6.07, 6.45) is 2.55. The summed E-state index contributed by atoms with van der Waals surface area (Å²) < 4.78 is 4.60. The Kier molecular flexibility index (Phi) is 6.69. The van der Waals surface area contributed by atoms with Gasteiger partial charge in [-0.2, -0.15) is 0 Å². The van der Waals surface area contributed by atoms with Crippen LogP contribution in [0.1, 0.15) is 23.7 Å². The van der Waals surface area contributed by atoms with E-state index >= 15 is 0 Å². The molecule has 0 radical (unpaired) electrons. The molecular formula is C16H17NO5. The Hall–Kier alpha value is -2.76. The average molecular weight is 303 g/mol. The first-order valence-electron chi connectivity index (χ1n) is 6.60. The molecule has 0 aliphatic carbocycles. The summed E-state index contributed by atoms with van der Waals surface area (Å²) in [4.78, 5) is 45.7. The van der Waals surface area contributed by atoms with Gasteiger partial charge in [0.25, 0.3) is 5.91 Å². The third-order valence-corrected chi connectivity index (χ3v) is 2.80. The first-order valence-corrected chi connectivity index (χ1v) is 6.60. The minimum atomic E-state index is -1.03. The molecular weight excluding hydrogens is 286 g/mol. The van der Waals surface area contributed by atoms with Gasteiger partial charge in [0.15, 0.2) is 5.78 Å². The fourth-order valence-electron chi connectivity index (χ4n) is 1.58. The summed E-state index contributed by atoms with van der Waals surface area (Å²) in [5, 5.41) is 2.49. The maximum absolute atomic E-state index is 12.0. The minimum absolute atomic E-state index is 0.135. The summed E-state index contributed by atoms with van der Waals surface area (Å²) in [5.41, 5.74) is 0.393. The van der Waals surface area contributed by atoms with Crippen LogP contribution >= 0.6 is 0 Å². The number of methoxy groups -OCH3 is 1. The number of carbonyl (C=O) groups is 4. The second-order valence-electron chi connectivity index (χ2n) is 4.45. The van der Waals surface area contributed by atoms with Gasteiger partial charge in [0.2, 0.25) is 5.78 Å². The quantitative estimate of drug-likeness (QED) is 0.462. The molecule has 0 aliphatic heterocycles. The largest absolute Gasteiger partial charge is 0.467 e. The summed E-state index contributed by atoms with van der Waals surface area (Å²) in [7, 11) is 1.19. The molecule has 1 N–H and O–H groups in total. The Morgan fingerprint density at radius 1 is 1.18 bits per heavy atom. The second kappa shape index (κ2) is 8.51. The van der Waals surface area contributed by atoms with Crippen molar-refractivity contribution in [2.24, 2.45) is 0 Å². The number of carbonyl (C=O) groups excluding carboxylic acids is 4. The lowest BCUT2D eigenvalue weighted by Gasteiger charge is -2.12. The number of benzene rings is 1. The van der Waals surface area contributed by atoms with Crippen LogP contribution in [0.4, 0.5) is 0 Å². The maximum Gasteiger partial charge on any atom is 0.332 e. The van der Waals surface area contributed by atoms with E-state index in [1.165, 1.54) is 26.2 Å². The number of amides is 1. The number of nitrogens with one attached hydrogen (secondary N) is 1. The van der Waals surface area contributed by atoms with Crippen LogP contribution in [0.3, 0.4) is 0 Å². The van der Waals surface area contributed by atoms with Crippen molar-refractivity contribution in [3.05, 3.63) is 48.0 Å². The third-order valence-electron chi connectivity index (χ3n) is 2.80. The molecule has 0 spiro atoms. The van der Waals surface area contributed by atoms with Gasteiger partial charge in [-0.3, -0.25) is 14.4 Å². The Morgan fingerprint density at radius 2 is 1.82 bits per heavy atom. The number of ether oxygens (including phenoxy) is 1. The number of hydrogen-bond donors (Lipinski definition) is 1. The van der Waals surface area contributed by atoms with Crippen LogP contribution in [0.2, 0.25) is 0 Å². The molecule has 0 bridgehead atoms. The van der Waals surface area contributed by atoms with E-state index in [1.807, 2.05) is 0 Å². The van der Waals surface area contributed by atoms with Crippen molar-refractivity contribution < 1.29 is 23.9 Å². The molecule has 0 unspecified atom stereocenters. The normalized spacial score (nSPS) is 11.7. The van der Waals surface area contributed by atoms with Crippen molar-refractivity contribution in [3.63, 3.8) is 0 Å². The van der Waals surface area contributed by atoms with Crippen molar-refractivity contribution in [1.29, 1.82) is 0 Å². The Balaban J connectivity index is 2.75. The van der Waals surface area contributed by atoms with Crippen LogP contribution in [0.5, 0.6) is 0 Å². The molecule has 22 heavy (non-hydrogen) atoms.